The Morgan fingerprint density at radius 2 is 1.96 bits per heavy atom. The first-order chi connectivity index (χ1) is 12.3. The van der Waals surface area contributed by atoms with E-state index in [0.29, 0.717) is 12.2 Å². The molecule has 0 saturated carbocycles. The summed E-state index contributed by atoms with van der Waals surface area (Å²) in [5.74, 6) is -0.293. The summed E-state index contributed by atoms with van der Waals surface area (Å²) in [6, 6.07) is 5.58. The van der Waals surface area contributed by atoms with Gasteiger partial charge in [-0.1, -0.05) is 12.1 Å². The first-order valence-corrected chi connectivity index (χ1v) is 10.7. The lowest BCUT2D eigenvalue weighted by molar-refractivity contribution is -0.119. The molecule has 0 bridgehead atoms. The van der Waals surface area contributed by atoms with Gasteiger partial charge in [-0.25, -0.2) is 8.42 Å². The number of sulfonamides is 1. The number of ether oxygens (including phenoxy) is 1. The van der Waals surface area contributed by atoms with E-state index in [9.17, 15) is 13.2 Å². The fraction of sp³-hybridized carbons (Fsp3) is 0.611. The number of hydrogen-bond acceptors (Lipinski definition) is 5. The molecule has 1 aromatic rings. The van der Waals surface area contributed by atoms with Gasteiger partial charge in [0.05, 0.1) is 25.2 Å². The maximum absolute atomic E-state index is 12.3. The zero-order valence-corrected chi connectivity index (χ0v) is 16.6. The van der Waals surface area contributed by atoms with Crippen LogP contribution in [0.3, 0.4) is 0 Å². The highest BCUT2D eigenvalue weighted by molar-refractivity contribution is 7.92. The fourth-order valence-electron chi connectivity index (χ4n) is 2.91. The van der Waals surface area contributed by atoms with E-state index in [1.54, 1.807) is 6.07 Å². The molecule has 1 N–H and O–H groups in total. The molecule has 26 heavy (non-hydrogen) atoms. The van der Waals surface area contributed by atoms with Crippen LogP contribution in [0.2, 0.25) is 0 Å². The van der Waals surface area contributed by atoms with Gasteiger partial charge in [0.2, 0.25) is 15.9 Å². The average Bonchev–Trinajstić information content (AvgIpc) is 2.59. The molecule has 0 aromatic heterocycles. The van der Waals surface area contributed by atoms with Crippen LogP contribution in [0.5, 0.6) is 0 Å². The summed E-state index contributed by atoms with van der Waals surface area (Å²) < 4.78 is 30.9. The first-order valence-electron chi connectivity index (χ1n) is 8.89. The van der Waals surface area contributed by atoms with Crippen LogP contribution in [0, 0.1) is 13.8 Å². The van der Waals surface area contributed by atoms with Crippen molar-refractivity contribution in [2.75, 3.05) is 56.5 Å². The molecule has 1 fully saturated rings. The van der Waals surface area contributed by atoms with E-state index in [4.69, 9.17) is 4.74 Å². The Hall–Kier alpha value is -1.64. The smallest absolute Gasteiger partial charge is 0.240 e. The lowest BCUT2D eigenvalue weighted by Crippen LogP contribution is -2.42. The molecular formula is C18H29N3O4S. The molecule has 1 aliphatic heterocycles. The second-order valence-corrected chi connectivity index (χ2v) is 8.62. The number of anilines is 1. The summed E-state index contributed by atoms with van der Waals surface area (Å²) in [6.45, 7) is 8.31. The maximum atomic E-state index is 12.3. The number of carbonyl (C=O) groups excluding carboxylic acids is 1. The summed E-state index contributed by atoms with van der Waals surface area (Å²) in [6.07, 6.45) is 1.95. The van der Waals surface area contributed by atoms with Crippen molar-refractivity contribution < 1.29 is 17.9 Å². The lowest BCUT2D eigenvalue weighted by Gasteiger charge is -2.26. The average molecular weight is 384 g/mol. The number of carbonyl (C=O) groups is 1. The van der Waals surface area contributed by atoms with E-state index in [0.717, 1.165) is 56.7 Å². The number of nitrogens with one attached hydrogen (secondary N) is 1. The van der Waals surface area contributed by atoms with Crippen molar-refractivity contribution >= 4 is 21.6 Å². The molecule has 2 rings (SSSR count). The molecule has 0 aliphatic carbocycles. The number of amides is 1. The minimum absolute atomic E-state index is 0.208. The van der Waals surface area contributed by atoms with Crippen LogP contribution in [-0.2, 0) is 19.6 Å². The van der Waals surface area contributed by atoms with Crippen LogP contribution >= 0.6 is 0 Å². The normalized spacial score (nSPS) is 15.7. The molecule has 1 aliphatic rings. The van der Waals surface area contributed by atoms with Gasteiger partial charge >= 0.3 is 0 Å². The number of nitrogens with zero attached hydrogens (tertiary/aromatic N) is 2. The van der Waals surface area contributed by atoms with E-state index >= 15 is 0 Å². The number of benzene rings is 1. The quantitative estimate of drug-likeness (QED) is 0.675. The zero-order valence-electron chi connectivity index (χ0n) is 15.8. The van der Waals surface area contributed by atoms with Gasteiger partial charge < -0.3 is 10.1 Å². The minimum atomic E-state index is -3.55. The Balaban J connectivity index is 1.89. The van der Waals surface area contributed by atoms with Crippen molar-refractivity contribution in [3.05, 3.63) is 29.3 Å². The standard InChI is InChI=1S/C18H29N3O4S/c1-15-5-6-16(2)17(13-15)21(26(3,23)24)14-18(22)19-7-4-8-20-9-11-25-12-10-20/h5-6,13H,4,7-12,14H2,1-3H3,(H,19,22). The maximum Gasteiger partial charge on any atom is 0.240 e. The van der Waals surface area contributed by atoms with E-state index in [2.05, 4.69) is 10.2 Å². The number of rotatable bonds is 8. The molecule has 0 spiro atoms. The van der Waals surface area contributed by atoms with Crippen LogP contribution in [0.4, 0.5) is 5.69 Å². The molecule has 7 nitrogen and oxygen atoms in total. The second kappa shape index (κ2) is 9.34. The molecule has 1 aromatic carbocycles. The summed E-state index contributed by atoms with van der Waals surface area (Å²) >= 11 is 0. The van der Waals surface area contributed by atoms with Gasteiger partial charge in [-0.2, -0.15) is 0 Å². The van der Waals surface area contributed by atoms with Gasteiger partial charge in [-0.05, 0) is 44.0 Å². The van der Waals surface area contributed by atoms with E-state index in [-0.39, 0.29) is 12.5 Å². The van der Waals surface area contributed by atoms with Gasteiger partial charge in [0, 0.05) is 19.6 Å². The highest BCUT2D eigenvalue weighted by Gasteiger charge is 2.22. The predicted molar refractivity (Wildman–Crippen MR) is 103 cm³/mol. The topological polar surface area (TPSA) is 79.0 Å². The summed E-state index contributed by atoms with van der Waals surface area (Å²) in [7, 11) is -3.55. The van der Waals surface area contributed by atoms with Gasteiger partial charge in [-0.15, -0.1) is 0 Å². The molecule has 0 unspecified atom stereocenters. The highest BCUT2D eigenvalue weighted by atomic mass is 32.2. The molecule has 0 radical (unpaired) electrons. The highest BCUT2D eigenvalue weighted by Crippen LogP contribution is 2.23. The third-order valence-corrected chi connectivity index (χ3v) is 5.52. The molecular weight excluding hydrogens is 354 g/mol. The third-order valence-electron chi connectivity index (χ3n) is 4.40. The summed E-state index contributed by atoms with van der Waals surface area (Å²) in [5.41, 5.74) is 2.32. The lowest BCUT2D eigenvalue weighted by atomic mass is 10.1. The molecule has 1 saturated heterocycles. The Labute approximate surface area is 156 Å². The van der Waals surface area contributed by atoms with Crippen LogP contribution in [0.1, 0.15) is 17.5 Å². The predicted octanol–water partition coefficient (Wildman–Crippen LogP) is 0.908. The Kier molecular flexibility index (Phi) is 7.43. The van der Waals surface area contributed by atoms with Crippen molar-refractivity contribution in [1.82, 2.24) is 10.2 Å². The van der Waals surface area contributed by atoms with Crippen molar-refractivity contribution in [3.63, 3.8) is 0 Å². The third kappa shape index (κ3) is 6.26. The summed E-state index contributed by atoms with van der Waals surface area (Å²) in [4.78, 5) is 14.6. The van der Waals surface area contributed by atoms with Gasteiger partial charge in [0.25, 0.3) is 0 Å². The van der Waals surface area contributed by atoms with Gasteiger partial charge in [0.15, 0.2) is 0 Å². The Morgan fingerprint density at radius 3 is 2.62 bits per heavy atom. The molecule has 146 valence electrons. The van der Waals surface area contributed by atoms with Crippen molar-refractivity contribution in [1.29, 1.82) is 0 Å². The Bertz CT molecular complexity index is 715. The van der Waals surface area contributed by atoms with Crippen LogP contribution in [-0.4, -0.2) is 71.4 Å². The van der Waals surface area contributed by atoms with E-state index in [1.807, 2.05) is 26.0 Å². The SMILES string of the molecule is Cc1ccc(C)c(N(CC(=O)NCCCN2CCOCC2)S(C)(=O)=O)c1. The molecule has 1 heterocycles. The minimum Gasteiger partial charge on any atom is -0.379 e. The Morgan fingerprint density at radius 1 is 1.27 bits per heavy atom. The van der Waals surface area contributed by atoms with Crippen LogP contribution < -0.4 is 9.62 Å². The number of hydrogen-bond donors (Lipinski definition) is 1. The van der Waals surface area contributed by atoms with Gasteiger partial charge in [0.1, 0.15) is 6.54 Å². The largest absolute Gasteiger partial charge is 0.379 e. The molecule has 0 atom stereocenters. The second-order valence-electron chi connectivity index (χ2n) is 6.72. The van der Waals surface area contributed by atoms with Crippen molar-refractivity contribution in [2.45, 2.75) is 20.3 Å². The molecule has 8 heteroatoms. The number of aryl methyl sites for hydroxylation is 2. The fourth-order valence-corrected chi connectivity index (χ4v) is 3.82. The zero-order chi connectivity index (χ0) is 19.2. The monoisotopic (exact) mass is 383 g/mol. The van der Waals surface area contributed by atoms with E-state index in [1.165, 1.54) is 4.31 Å². The number of morpholine rings is 1. The first kappa shape index (κ1) is 20.7. The van der Waals surface area contributed by atoms with Crippen molar-refractivity contribution in [3.8, 4) is 0 Å². The van der Waals surface area contributed by atoms with Crippen LogP contribution in [0.15, 0.2) is 18.2 Å². The van der Waals surface area contributed by atoms with Crippen molar-refractivity contribution in [2.24, 2.45) is 0 Å². The van der Waals surface area contributed by atoms with E-state index < -0.39 is 10.0 Å². The van der Waals surface area contributed by atoms with Gasteiger partial charge in [-0.3, -0.25) is 14.0 Å². The summed E-state index contributed by atoms with van der Waals surface area (Å²) in [5, 5.41) is 2.83. The molecule has 1 amide bonds. The van der Waals surface area contributed by atoms with Crippen LogP contribution in [0.25, 0.3) is 0 Å².